The van der Waals surface area contributed by atoms with Crippen LogP contribution >= 0.6 is 0 Å². The topological polar surface area (TPSA) is 62.9 Å². The first-order chi connectivity index (χ1) is 9.67. The molecule has 0 aromatic heterocycles. The van der Waals surface area contributed by atoms with Crippen LogP contribution < -0.4 is 15.2 Å². The van der Waals surface area contributed by atoms with Crippen LogP contribution in [0.5, 0.6) is 11.5 Å². The summed E-state index contributed by atoms with van der Waals surface area (Å²) in [6.07, 6.45) is 0.747. The van der Waals surface area contributed by atoms with Crippen LogP contribution in [-0.2, 0) is 15.9 Å². The van der Waals surface area contributed by atoms with Gasteiger partial charge in [-0.1, -0.05) is 0 Å². The lowest BCUT2D eigenvalue weighted by Gasteiger charge is -2.14. The van der Waals surface area contributed by atoms with Crippen LogP contribution in [-0.4, -0.2) is 46.7 Å². The molecule has 0 aliphatic rings. The van der Waals surface area contributed by atoms with Crippen LogP contribution in [0.15, 0.2) is 18.2 Å². The lowest BCUT2D eigenvalue weighted by atomic mass is 10.1. The number of methoxy groups -OCH3 is 2. The molecule has 0 amide bonds. The number of rotatable bonds is 10. The minimum absolute atomic E-state index is 0.0717. The number of hydrogen-bond donors (Lipinski definition) is 1. The molecular weight excluding hydrogens is 258 g/mol. The first-order valence-electron chi connectivity index (χ1n) is 6.79. The molecule has 0 saturated carbocycles. The van der Waals surface area contributed by atoms with E-state index >= 15 is 0 Å². The minimum atomic E-state index is 0.0717. The molecule has 0 spiro atoms. The van der Waals surface area contributed by atoms with Crippen molar-refractivity contribution in [2.75, 3.05) is 40.6 Å². The summed E-state index contributed by atoms with van der Waals surface area (Å²) in [5.74, 6) is 1.64. The summed E-state index contributed by atoms with van der Waals surface area (Å²) in [5.41, 5.74) is 6.91. The zero-order valence-electron chi connectivity index (χ0n) is 12.6. The second-order valence-electron chi connectivity index (χ2n) is 4.61. The van der Waals surface area contributed by atoms with E-state index in [9.17, 15) is 0 Å². The van der Waals surface area contributed by atoms with Crippen LogP contribution in [0.2, 0.25) is 0 Å². The minimum Gasteiger partial charge on any atom is -0.497 e. The van der Waals surface area contributed by atoms with Crippen LogP contribution in [0.3, 0.4) is 0 Å². The van der Waals surface area contributed by atoms with E-state index in [1.165, 1.54) is 0 Å². The molecule has 1 unspecified atom stereocenters. The Balaban J connectivity index is 2.50. The fourth-order valence-corrected chi connectivity index (χ4v) is 1.78. The fraction of sp³-hybridized carbons (Fsp3) is 0.600. The molecule has 1 aromatic carbocycles. The van der Waals surface area contributed by atoms with Crippen molar-refractivity contribution in [2.24, 2.45) is 5.73 Å². The van der Waals surface area contributed by atoms with Crippen LogP contribution in [0.1, 0.15) is 12.5 Å². The number of nitrogens with two attached hydrogens (primary N) is 1. The second kappa shape index (κ2) is 9.58. The Morgan fingerprint density at radius 2 is 1.85 bits per heavy atom. The van der Waals surface area contributed by atoms with Crippen molar-refractivity contribution in [3.05, 3.63) is 23.8 Å². The Bertz CT molecular complexity index is 382. The van der Waals surface area contributed by atoms with Crippen molar-refractivity contribution in [1.29, 1.82) is 0 Å². The van der Waals surface area contributed by atoms with E-state index in [0.717, 1.165) is 23.5 Å². The Morgan fingerprint density at radius 1 is 1.10 bits per heavy atom. The van der Waals surface area contributed by atoms with Gasteiger partial charge in [-0.25, -0.2) is 0 Å². The maximum atomic E-state index is 5.86. The Kier molecular flexibility index (Phi) is 8.02. The van der Waals surface area contributed by atoms with Gasteiger partial charge < -0.3 is 24.7 Å². The summed E-state index contributed by atoms with van der Waals surface area (Å²) < 4.78 is 21.2. The molecule has 0 heterocycles. The zero-order chi connectivity index (χ0) is 14.8. The van der Waals surface area contributed by atoms with E-state index < -0.39 is 0 Å². The van der Waals surface area contributed by atoms with Gasteiger partial charge in [-0.2, -0.15) is 0 Å². The largest absolute Gasteiger partial charge is 0.497 e. The SMILES string of the molecule is COCCOCCOc1ccc(OC)cc1CC(C)N. The van der Waals surface area contributed by atoms with Gasteiger partial charge >= 0.3 is 0 Å². The summed E-state index contributed by atoms with van der Waals surface area (Å²) in [4.78, 5) is 0. The summed E-state index contributed by atoms with van der Waals surface area (Å²) in [6.45, 7) is 4.18. The molecule has 0 saturated heterocycles. The van der Waals surface area contributed by atoms with Gasteiger partial charge in [0.2, 0.25) is 0 Å². The molecule has 0 bridgehead atoms. The average Bonchev–Trinajstić information content (AvgIpc) is 2.43. The highest BCUT2D eigenvalue weighted by molar-refractivity contribution is 5.40. The first-order valence-corrected chi connectivity index (χ1v) is 6.79. The Labute approximate surface area is 121 Å². The molecule has 2 N–H and O–H groups in total. The lowest BCUT2D eigenvalue weighted by molar-refractivity contribution is 0.0542. The Morgan fingerprint density at radius 3 is 2.50 bits per heavy atom. The molecule has 1 aromatic rings. The molecule has 1 rings (SSSR count). The van der Waals surface area contributed by atoms with Crippen LogP contribution in [0.25, 0.3) is 0 Å². The molecule has 5 nitrogen and oxygen atoms in total. The van der Waals surface area contributed by atoms with E-state index in [0.29, 0.717) is 26.4 Å². The zero-order valence-corrected chi connectivity index (χ0v) is 12.6. The summed E-state index contributed by atoms with van der Waals surface area (Å²) in [5, 5.41) is 0. The van der Waals surface area contributed by atoms with Gasteiger partial charge in [0.15, 0.2) is 0 Å². The quantitative estimate of drug-likeness (QED) is 0.661. The maximum Gasteiger partial charge on any atom is 0.122 e. The van der Waals surface area contributed by atoms with E-state index in [4.69, 9.17) is 24.7 Å². The third-order valence-electron chi connectivity index (χ3n) is 2.73. The normalized spacial score (nSPS) is 12.2. The third kappa shape index (κ3) is 6.23. The van der Waals surface area contributed by atoms with Crippen LogP contribution in [0, 0.1) is 0 Å². The summed E-state index contributed by atoms with van der Waals surface area (Å²) in [7, 11) is 3.30. The van der Waals surface area contributed by atoms with Gasteiger partial charge in [0.05, 0.1) is 26.9 Å². The predicted molar refractivity (Wildman–Crippen MR) is 78.5 cm³/mol. The van der Waals surface area contributed by atoms with Crippen molar-refractivity contribution in [3.8, 4) is 11.5 Å². The Hall–Kier alpha value is -1.30. The van der Waals surface area contributed by atoms with Crippen molar-refractivity contribution in [2.45, 2.75) is 19.4 Å². The van der Waals surface area contributed by atoms with Crippen molar-refractivity contribution >= 4 is 0 Å². The molecule has 1 atom stereocenters. The third-order valence-corrected chi connectivity index (χ3v) is 2.73. The van der Waals surface area contributed by atoms with Gasteiger partial charge in [-0.3, -0.25) is 0 Å². The molecule has 20 heavy (non-hydrogen) atoms. The summed E-state index contributed by atoms with van der Waals surface area (Å²) >= 11 is 0. The van der Waals surface area contributed by atoms with Crippen molar-refractivity contribution < 1.29 is 18.9 Å². The highest BCUT2D eigenvalue weighted by atomic mass is 16.5. The molecule has 114 valence electrons. The van der Waals surface area contributed by atoms with Gasteiger partial charge in [0.25, 0.3) is 0 Å². The number of ether oxygens (including phenoxy) is 4. The predicted octanol–water partition coefficient (Wildman–Crippen LogP) is 1.63. The first kappa shape index (κ1) is 16.8. The van der Waals surface area contributed by atoms with E-state index in [-0.39, 0.29) is 6.04 Å². The lowest BCUT2D eigenvalue weighted by Crippen LogP contribution is -2.19. The second-order valence-corrected chi connectivity index (χ2v) is 4.61. The summed E-state index contributed by atoms with van der Waals surface area (Å²) in [6, 6.07) is 5.82. The molecule has 0 aliphatic heterocycles. The van der Waals surface area contributed by atoms with E-state index in [1.54, 1.807) is 14.2 Å². The van der Waals surface area contributed by atoms with Gasteiger partial charge in [-0.15, -0.1) is 0 Å². The number of hydrogen-bond acceptors (Lipinski definition) is 5. The van der Waals surface area contributed by atoms with Crippen molar-refractivity contribution in [1.82, 2.24) is 0 Å². The monoisotopic (exact) mass is 283 g/mol. The standard InChI is InChI=1S/C15H25NO4/c1-12(16)10-13-11-14(18-3)4-5-15(13)20-9-8-19-7-6-17-2/h4-5,11-12H,6-10,16H2,1-3H3. The molecular formula is C15H25NO4. The number of benzene rings is 1. The average molecular weight is 283 g/mol. The highest BCUT2D eigenvalue weighted by Gasteiger charge is 2.08. The van der Waals surface area contributed by atoms with Gasteiger partial charge in [0, 0.05) is 13.2 Å². The van der Waals surface area contributed by atoms with Crippen molar-refractivity contribution in [3.63, 3.8) is 0 Å². The van der Waals surface area contributed by atoms with E-state index in [2.05, 4.69) is 0 Å². The van der Waals surface area contributed by atoms with E-state index in [1.807, 2.05) is 25.1 Å². The fourth-order valence-electron chi connectivity index (χ4n) is 1.78. The maximum absolute atomic E-state index is 5.86. The molecule has 0 fully saturated rings. The van der Waals surface area contributed by atoms with Crippen LogP contribution in [0.4, 0.5) is 0 Å². The van der Waals surface area contributed by atoms with Gasteiger partial charge in [-0.05, 0) is 37.1 Å². The molecule has 0 radical (unpaired) electrons. The van der Waals surface area contributed by atoms with Gasteiger partial charge in [0.1, 0.15) is 18.1 Å². The molecule has 0 aliphatic carbocycles. The smallest absolute Gasteiger partial charge is 0.122 e. The highest BCUT2D eigenvalue weighted by Crippen LogP contribution is 2.25. The molecule has 5 heteroatoms.